The molecule has 1 nitrogen and oxygen atoms in total. The molecule has 0 aliphatic heterocycles. The highest BCUT2D eigenvalue weighted by Gasteiger charge is 2.57. The molecule has 0 saturated heterocycles. The molecule has 3 saturated carbocycles. The van der Waals surface area contributed by atoms with Gasteiger partial charge in [0, 0.05) is 0 Å². The summed E-state index contributed by atoms with van der Waals surface area (Å²) < 4.78 is 0. The summed E-state index contributed by atoms with van der Waals surface area (Å²) in [6.45, 7) is 21.2. The molecule has 5 atom stereocenters. The predicted molar refractivity (Wildman–Crippen MR) is 135 cm³/mol. The molecule has 0 aromatic heterocycles. The topological polar surface area (TPSA) is 20.2 Å². The molecule has 3 aliphatic carbocycles. The van der Waals surface area contributed by atoms with Crippen molar-refractivity contribution in [1.29, 1.82) is 0 Å². The summed E-state index contributed by atoms with van der Waals surface area (Å²) in [6, 6.07) is 0. The van der Waals surface area contributed by atoms with E-state index in [-0.39, 0.29) is 5.41 Å². The van der Waals surface area contributed by atoms with Crippen LogP contribution in [0.25, 0.3) is 0 Å². The molecule has 0 aromatic rings. The van der Waals surface area contributed by atoms with Gasteiger partial charge in [0.25, 0.3) is 0 Å². The van der Waals surface area contributed by atoms with Crippen molar-refractivity contribution in [2.45, 2.75) is 131 Å². The van der Waals surface area contributed by atoms with Crippen molar-refractivity contribution in [2.75, 3.05) is 0 Å². The Morgan fingerprint density at radius 1 is 0.968 bits per heavy atom. The Balaban J connectivity index is 1.62. The first-order valence-corrected chi connectivity index (χ1v) is 13.4. The molecular formula is C30H52O. The standard InChI is InChI=1S/C30H52O/c1-22(15-16-24-23(2)13-10-18-27(24,3)4)12-9-14-26-29(7)20-11-19-28(5,6)25(29)17-21-30(26,8)31/h12,24-26,31H,2,9-11,13-21H2,1,3-8H3/b22-12+/t24-,25+,26+,29+,30-/m1/s1. The van der Waals surface area contributed by atoms with E-state index in [2.05, 4.69) is 61.1 Å². The van der Waals surface area contributed by atoms with Crippen LogP contribution < -0.4 is 0 Å². The molecule has 3 rings (SSSR count). The van der Waals surface area contributed by atoms with Crippen LogP contribution in [0.3, 0.4) is 0 Å². The smallest absolute Gasteiger partial charge is 0.0653 e. The van der Waals surface area contributed by atoms with Gasteiger partial charge in [0.15, 0.2) is 0 Å². The van der Waals surface area contributed by atoms with E-state index in [1.807, 2.05) is 0 Å². The molecule has 1 N–H and O–H groups in total. The van der Waals surface area contributed by atoms with Crippen LogP contribution >= 0.6 is 0 Å². The molecular weight excluding hydrogens is 376 g/mol. The van der Waals surface area contributed by atoms with Gasteiger partial charge in [0.2, 0.25) is 0 Å². The molecule has 0 unspecified atom stereocenters. The lowest BCUT2D eigenvalue weighted by Gasteiger charge is -2.61. The first kappa shape index (κ1) is 25.1. The van der Waals surface area contributed by atoms with E-state index < -0.39 is 5.60 Å². The highest BCUT2D eigenvalue weighted by Crippen LogP contribution is 2.62. The third-order valence-electron chi connectivity index (χ3n) is 10.3. The van der Waals surface area contributed by atoms with Gasteiger partial charge in [-0.15, -0.1) is 0 Å². The van der Waals surface area contributed by atoms with E-state index in [0.717, 1.165) is 25.2 Å². The number of hydrogen-bond acceptors (Lipinski definition) is 1. The lowest BCUT2D eigenvalue weighted by Crippen LogP contribution is -2.57. The zero-order chi connectivity index (χ0) is 23.1. The molecule has 0 spiro atoms. The summed E-state index contributed by atoms with van der Waals surface area (Å²) in [4.78, 5) is 0. The molecule has 0 aromatic carbocycles. The van der Waals surface area contributed by atoms with Crippen LogP contribution in [0.2, 0.25) is 0 Å². The van der Waals surface area contributed by atoms with Gasteiger partial charge in [-0.1, -0.05) is 64.8 Å². The summed E-state index contributed by atoms with van der Waals surface area (Å²) in [7, 11) is 0. The molecule has 0 amide bonds. The third kappa shape index (κ3) is 5.18. The van der Waals surface area contributed by atoms with E-state index in [0.29, 0.717) is 22.7 Å². The maximum Gasteiger partial charge on any atom is 0.0653 e. The summed E-state index contributed by atoms with van der Waals surface area (Å²) in [5.41, 5.74) is 3.63. The minimum atomic E-state index is -0.510. The summed E-state index contributed by atoms with van der Waals surface area (Å²) in [6.07, 6.45) is 17.2. The Bertz CT molecular complexity index is 679. The maximum absolute atomic E-state index is 11.4. The predicted octanol–water partition coefficient (Wildman–Crippen LogP) is 8.87. The second-order valence-corrected chi connectivity index (χ2v) is 13.6. The van der Waals surface area contributed by atoms with Crippen LogP contribution in [0.15, 0.2) is 23.8 Å². The normalized spacial score (nSPS) is 40.5. The van der Waals surface area contributed by atoms with Crippen molar-refractivity contribution in [3.8, 4) is 0 Å². The first-order chi connectivity index (χ1) is 14.3. The zero-order valence-electron chi connectivity index (χ0n) is 21.9. The van der Waals surface area contributed by atoms with Crippen molar-refractivity contribution in [1.82, 2.24) is 0 Å². The lowest BCUT2D eigenvalue weighted by atomic mass is 9.45. The number of hydrogen-bond donors (Lipinski definition) is 1. The van der Waals surface area contributed by atoms with Crippen LogP contribution in [0, 0.1) is 34.0 Å². The van der Waals surface area contributed by atoms with Crippen molar-refractivity contribution >= 4 is 0 Å². The zero-order valence-corrected chi connectivity index (χ0v) is 21.9. The molecule has 3 fully saturated rings. The maximum atomic E-state index is 11.4. The summed E-state index contributed by atoms with van der Waals surface area (Å²) in [5, 5.41) is 11.4. The Morgan fingerprint density at radius 2 is 1.65 bits per heavy atom. The lowest BCUT2D eigenvalue weighted by molar-refractivity contribution is -0.168. The quantitative estimate of drug-likeness (QED) is 0.419. The van der Waals surface area contributed by atoms with E-state index >= 15 is 0 Å². The number of fused-ring (bicyclic) bond motifs is 1. The van der Waals surface area contributed by atoms with Crippen molar-refractivity contribution in [3.05, 3.63) is 23.8 Å². The van der Waals surface area contributed by atoms with Crippen LogP contribution in [0.4, 0.5) is 0 Å². The van der Waals surface area contributed by atoms with Gasteiger partial charge in [-0.2, -0.15) is 0 Å². The number of aliphatic hydroxyl groups is 1. The SMILES string of the molecule is C=C1CCCC(C)(C)[C@@H]1CC/C(C)=C/CC[C@H]1[C@@]2(C)CCCC(C)(C)[C@@H]2CC[C@@]1(C)O. The fourth-order valence-corrected chi connectivity index (χ4v) is 8.50. The highest BCUT2D eigenvalue weighted by atomic mass is 16.3. The van der Waals surface area contributed by atoms with E-state index in [4.69, 9.17) is 0 Å². The molecule has 3 aliphatic rings. The van der Waals surface area contributed by atoms with Crippen molar-refractivity contribution in [3.63, 3.8) is 0 Å². The molecule has 0 bridgehead atoms. The van der Waals surface area contributed by atoms with Gasteiger partial charge < -0.3 is 5.11 Å². The van der Waals surface area contributed by atoms with Crippen molar-refractivity contribution in [2.24, 2.45) is 34.0 Å². The average molecular weight is 429 g/mol. The van der Waals surface area contributed by atoms with E-state index in [1.165, 1.54) is 68.9 Å². The third-order valence-corrected chi connectivity index (χ3v) is 10.3. The molecule has 1 heteroatoms. The number of allylic oxidation sites excluding steroid dienone is 3. The Morgan fingerprint density at radius 3 is 2.32 bits per heavy atom. The Labute approximate surface area is 194 Å². The number of rotatable bonds is 6. The molecule has 0 radical (unpaired) electrons. The monoisotopic (exact) mass is 428 g/mol. The average Bonchev–Trinajstić information content (AvgIpc) is 2.62. The second-order valence-electron chi connectivity index (χ2n) is 13.6. The fourth-order valence-electron chi connectivity index (χ4n) is 8.50. The Kier molecular flexibility index (Phi) is 7.28. The van der Waals surface area contributed by atoms with Crippen LogP contribution in [-0.4, -0.2) is 10.7 Å². The summed E-state index contributed by atoms with van der Waals surface area (Å²) in [5.74, 6) is 1.84. The van der Waals surface area contributed by atoms with Gasteiger partial charge in [0.1, 0.15) is 0 Å². The minimum absolute atomic E-state index is 0.287. The summed E-state index contributed by atoms with van der Waals surface area (Å²) >= 11 is 0. The molecule has 178 valence electrons. The van der Waals surface area contributed by atoms with Gasteiger partial charge in [-0.3, -0.25) is 0 Å². The largest absolute Gasteiger partial charge is 0.390 e. The van der Waals surface area contributed by atoms with Gasteiger partial charge in [0.05, 0.1) is 5.60 Å². The Hall–Kier alpha value is -0.560. The van der Waals surface area contributed by atoms with E-state index in [1.54, 1.807) is 0 Å². The van der Waals surface area contributed by atoms with Gasteiger partial charge in [-0.05, 0) is 118 Å². The molecule has 0 heterocycles. The molecule has 31 heavy (non-hydrogen) atoms. The van der Waals surface area contributed by atoms with Crippen LogP contribution in [-0.2, 0) is 0 Å². The minimum Gasteiger partial charge on any atom is -0.390 e. The van der Waals surface area contributed by atoms with E-state index in [9.17, 15) is 5.11 Å². The van der Waals surface area contributed by atoms with Crippen LogP contribution in [0.1, 0.15) is 126 Å². The highest BCUT2D eigenvalue weighted by molar-refractivity contribution is 5.12. The first-order valence-electron chi connectivity index (χ1n) is 13.4. The second kappa shape index (κ2) is 9.00. The van der Waals surface area contributed by atoms with Crippen LogP contribution in [0.5, 0.6) is 0 Å². The fraction of sp³-hybridized carbons (Fsp3) is 0.867. The van der Waals surface area contributed by atoms with Gasteiger partial charge >= 0.3 is 0 Å². The van der Waals surface area contributed by atoms with Gasteiger partial charge in [-0.25, -0.2) is 0 Å². The van der Waals surface area contributed by atoms with Crippen molar-refractivity contribution < 1.29 is 5.11 Å².